The van der Waals surface area contributed by atoms with Crippen LogP contribution in [0.5, 0.6) is 0 Å². The minimum atomic E-state index is -0.176. The lowest BCUT2D eigenvalue weighted by atomic mass is 10.2. The molecule has 0 saturated heterocycles. The van der Waals surface area contributed by atoms with E-state index in [4.69, 9.17) is 9.84 Å². The molecule has 0 saturated carbocycles. The summed E-state index contributed by atoms with van der Waals surface area (Å²) in [5.41, 5.74) is 2.06. The predicted molar refractivity (Wildman–Crippen MR) is 82.5 cm³/mol. The smallest absolute Gasteiger partial charge is 0.270 e. The van der Waals surface area contributed by atoms with Crippen LogP contribution in [-0.2, 0) is 11.2 Å². The lowest BCUT2D eigenvalue weighted by Crippen LogP contribution is -2.29. The van der Waals surface area contributed by atoms with Crippen LogP contribution in [-0.4, -0.2) is 46.8 Å². The van der Waals surface area contributed by atoms with Crippen LogP contribution in [0.3, 0.4) is 0 Å². The molecule has 114 valence electrons. The highest BCUT2D eigenvalue weighted by Gasteiger charge is 2.17. The zero-order valence-corrected chi connectivity index (χ0v) is 13.4. The quantitative estimate of drug-likeness (QED) is 0.736. The van der Waals surface area contributed by atoms with Gasteiger partial charge in [-0.15, -0.1) is 0 Å². The molecule has 0 aliphatic heterocycles. The minimum Gasteiger partial charge on any atom is -0.394 e. The first-order chi connectivity index (χ1) is 10.2. The molecule has 0 aliphatic carbocycles. The Morgan fingerprint density at radius 1 is 1.48 bits per heavy atom. The molecule has 2 aromatic rings. The molecule has 21 heavy (non-hydrogen) atoms. The third kappa shape index (κ3) is 3.81. The molecule has 0 aliphatic rings. The summed E-state index contributed by atoms with van der Waals surface area (Å²) in [5.74, 6) is -0.176. The predicted octanol–water partition coefficient (Wildman–Crippen LogP) is 1.40. The number of nitrogens with zero attached hydrogens (tertiary/aromatic N) is 2. The Balaban J connectivity index is 2.15. The topological polar surface area (TPSA) is 75.9 Å². The monoisotopic (exact) mass is 355 g/mol. The third-order valence-electron chi connectivity index (χ3n) is 2.97. The van der Waals surface area contributed by atoms with Crippen molar-refractivity contribution < 1.29 is 14.6 Å². The van der Waals surface area contributed by atoms with Crippen molar-refractivity contribution in [2.75, 3.05) is 26.4 Å². The summed E-state index contributed by atoms with van der Waals surface area (Å²) < 4.78 is 7.79. The van der Waals surface area contributed by atoms with Crippen molar-refractivity contribution in [3.63, 3.8) is 0 Å². The summed E-state index contributed by atoms with van der Waals surface area (Å²) in [6, 6.07) is 3.76. The van der Waals surface area contributed by atoms with Crippen molar-refractivity contribution in [1.29, 1.82) is 0 Å². The maximum Gasteiger partial charge on any atom is 0.270 e. The van der Waals surface area contributed by atoms with Crippen LogP contribution in [0.15, 0.2) is 22.8 Å². The van der Waals surface area contributed by atoms with E-state index in [1.807, 2.05) is 25.3 Å². The molecule has 0 atom stereocenters. The maximum absolute atomic E-state index is 12.4. The number of imidazole rings is 1. The molecule has 2 heterocycles. The average molecular weight is 356 g/mol. The molecule has 0 bridgehead atoms. The first-order valence-corrected chi connectivity index (χ1v) is 7.60. The Bertz CT molecular complexity index is 627. The van der Waals surface area contributed by atoms with E-state index < -0.39 is 0 Å². The molecule has 0 fully saturated rings. The molecule has 2 aromatic heterocycles. The van der Waals surface area contributed by atoms with Crippen LogP contribution in [0.2, 0.25) is 0 Å². The van der Waals surface area contributed by atoms with E-state index in [1.54, 1.807) is 4.40 Å². The fourth-order valence-electron chi connectivity index (χ4n) is 2.04. The van der Waals surface area contributed by atoms with Gasteiger partial charge in [0.05, 0.1) is 25.5 Å². The summed E-state index contributed by atoms with van der Waals surface area (Å²) >= 11 is 3.40. The molecule has 6 nitrogen and oxygen atoms in total. The van der Waals surface area contributed by atoms with Crippen LogP contribution in [0, 0.1) is 0 Å². The summed E-state index contributed by atoms with van der Waals surface area (Å²) in [6.07, 6.45) is 2.52. The number of aliphatic hydroxyl groups is 1. The molecule has 0 radical (unpaired) electrons. The van der Waals surface area contributed by atoms with Gasteiger partial charge in [-0.1, -0.05) is 6.92 Å². The SMILES string of the molecule is CCc1nc2ccc(Br)cn2c1C(=O)NCCOCCO. The standard InChI is InChI=1S/C14H18BrN3O3/c1-2-11-13(14(20)16-5-7-21-8-6-19)18-9-10(15)3-4-12(18)17-11/h3-4,9,19H,2,5-8H2,1H3,(H,16,20). The number of aliphatic hydroxyl groups excluding tert-OH is 1. The fourth-order valence-corrected chi connectivity index (χ4v) is 2.38. The van der Waals surface area contributed by atoms with Crippen molar-refractivity contribution in [1.82, 2.24) is 14.7 Å². The second-order valence-electron chi connectivity index (χ2n) is 4.43. The maximum atomic E-state index is 12.4. The number of carbonyl (C=O) groups is 1. The van der Waals surface area contributed by atoms with Crippen molar-refractivity contribution in [2.24, 2.45) is 0 Å². The van der Waals surface area contributed by atoms with Gasteiger partial charge in [-0.05, 0) is 34.5 Å². The fraction of sp³-hybridized carbons (Fsp3) is 0.429. The van der Waals surface area contributed by atoms with Gasteiger partial charge in [-0.2, -0.15) is 0 Å². The number of nitrogens with one attached hydrogen (secondary N) is 1. The number of halogens is 1. The van der Waals surface area contributed by atoms with E-state index in [2.05, 4.69) is 26.2 Å². The largest absolute Gasteiger partial charge is 0.394 e. The second kappa shape index (κ2) is 7.53. The minimum absolute atomic E-state index is 0.0186. The van der Waals surface area contributed by atoms with E-state index in [0.29, 0.717) is 25.3 Å². The zero-order chi connectivity index (χ0) is 15.2. The van der Waals surface area contributed by atoms with E-state index >= 15 is 0 Å². The number of hydrogen-bond acceptors (Lipinski definition) is 4. The van der Waals surface area contributed by atoms with Crippen LogP contribution in [0.25, 0.3) is 5.65 Å². The molecule has 0 spiro atoms. The van der Waals surface area contributed by atoms with Crippen LogP contribution < -0.4 is 5.32 Å². The van der Waals surface area contributed by atoms with Gasteiger partial charge in [-0.3, -0.25) is 9.20 Å². The Morgan fingerprint density at radius 3 is 3.00 bits per heavy atom. The van der Waals surface area contributed by atoms with Gasteiger partial charge in [0, 0.05) is 17.2 Å². The van der Waals surface area contributed by atoms with E-state index in [1.165, 1.54) is 0 Å². The van der Waals surface area contributed by atoms with Gasteiger partial charge >= 0.3 is 0 Å². The highest BCUT2D eigenvalue weighted by atomic mass is 79.9. The van der Waals surface area contributed by atoms with E-state index in [0.717, 1.165) is 15.8 Å². The second-order valence-corrected chi connectivity index (χ2v) is 5.34. The number of aryl methyl sites for hydroxylation is 1. The normalized spacial score (nSPS) is 11.0. The summed E-state index contributed by atoms with van der Waals surface area (Å²) in [5, 5.41) is 11.4. The Morgan fingerprint density at radius 2 is 2.29 bits per heavy atom. The van der Waals surface area contributed by atoms with Crippen molar-refractivity contribution in [3.05, 3.63) is 34.2 Å². The molecule has 0 unspecified atom stereocenters. The lowest BCUT2D eigenvalue weighted by Gasteiger charge is -2.07. The molecule has 2 rings (SSSR count). The zero-order valence-electron chi connectivity index (χ0n) is 11.8. The highest BCUT2D eigenvalue weighted by molar-refractivity contribution is 9.10. The van der Waals surface area contributed by atoms with Gasteiger partial charge in [0.15, 0.2) is 0 Å². The van der Waals surface area contributed by atoms with E-state index in [9.17, 15) is 4.79 Å². The van der Waals surface area contributed by atoms with Gasteiger partial charge in [0.25, 0.3) is 5.91 Å². The number of hydrogen-bond donors (Lipinski definition) is 2. The number of pyridine rings is 1. The Hall–Kier alpha value is -1.44. The molecule has 2 N–H and O–H groups in total. The lowest BCUT2D eigenvalue weighted by molar-refractivity contribution is 0.0834. The van der Waals surface area contributed by atoms with E-state index in [-0.39, 0.29) is 19.1 Å². The summed E-state index contributed by atoms with van der Waals surface area (Å²) in [6.45, 7) is 2.99. The number of ether oxygens (including phenoxy) is 1. The third-order valence-corrected chi connectivity index (χ3v) is 3.44. The molecule has 7 heteroatoms. The van der Waals surface area contributed by atoms with Gasteiger partial charge in [-0.25, -0.2) is 4.98 Å². The Labute approximate surface area is 131 Å². The number of carbonyl (C=O) groups excluding carboxylic acids is 1. The molecular weight excluding hydrogens is 338 g/mol. The number of fused-ring (bicyclic) bond motifs is 1. The highest BCUT2D eigenvalue weighted by Crippen LogP contribution is 2.17. The molecule has 0 aromatic carbocycles. The van der Waals surface area contributed by atoms with Gasteiger partial charge in [0.2, 0.25) is 0 Å². The Kier molecular flexibility index (Phi) is 5.72. The first kappa shape index (κ1) is 15.9. The average Bonchev–Trinajstić information content (AvgIpc) is 2.84. The summed E-state index contributed by atoms with van der Waals surface area (Å²) in [7, 11) is 0. The summed E-state index contributed by atoms with van der Waals surface area (Å²) in [4.78, 5) is 16.8. The first-order valence-electron chi connectivity index (χ1n) is 6.80. The van der Waals surface area contributed by atoms with Gasteiger partial charge in [0.1, 0.15) is 11.3 Å². The number of rotatable bonds is 7. The number of aromatic nitrogens is 2. The van der Waals surface area contributed by atoms with Crippen LogP contribution in [0.4, 0.5) is 0 Å². The van der Waals surface area contributed by atoms with Gasteiger partial charge < -0.3 is 15.2 Å². The van der Waals surface area contributed by atoms with Crippen molar-refractivity contribution >= 4 is 27.5 Å². The molecule has 1 amide bonds. The molecular formula is C14H18BrN3O3. The number of amides is 1. The van der Waals surface area contributed by atoms with Crippen molar-refractivity contribution in [2.45, 2.75) is 13.3 Å². The van der Waals surface area contributed by atoms with Crippen LogP contribution in [0.1, 0.15) is 23.1 Å². The van der Waals surface area contributed by atoms with Crippen molar-refractivity contribution in [3.8, 4) is 0 Å². The van der Waals surface area contributed by atoms with Crippen LogP contribution >= 0.6 is 15.9 Å².